The standard InChI is InChI=1S/C22H35N3O3/c1-17(2)20(24-21(26)18-11-6-7-12-19(18)28-3)22(27)23-13-10-16-25-14-8-4-5-9-15-25/h6-7,11-12,17,20H,4-5,8-10,13-16H2,1-3H3,(H,23,27)(H,24,26). The largest absolute Gasteiger partial charge is 0.496 e. The maximum absolute atomic E-state index is 12.6. The van der Waals surface area contributed by atoms with Gasteiger partial charge in [-0.2, -0.15) is 0 Å². The summed E-state index contributed by atoms with van der Waals surface area (Å²) < 4.78 is 5.25. The quantitative estimate of drug-likeness (QED) is 0.637. The average molecular weight is 390 g/mol. The predicted octanol–water partition coefficient (Wildman–Crippen LogP) is 2.83. The summed E-state index contributed by atoms with van der Waals surface area (Å²) in [6.45, 7) is 7.84. The molecule has 0 radical (unpaired) electrons. The molecule has 0 aromatic heterocycles. The molecule has 1 aromatic rings. The van der Waals surface area contributed by atoms with Crippen LogP contribution in [0, 0.1) is 5.92 Å². The zero-order valence-corrected chi connectivity index (χ0v) is 17.5. The van der Waals surface area contributed by atoms with Gasteiger partial charge in [0, 0.05) is 6.54 Å². The summed E-state index contributed by atoms with van der Waals surface area (Å²) in [6.07, 6.45) is 6.13. The number of para-hydroxylation sites is 1. The third-order valence-corrected chi connectivity index (χ3v) is 5.24. The molecule has 1 aliphatic heterocycles. The Morgan fingerprint density at radius 2 is 1.79 bits per heavy atom. The number of carbonyl (C=O) groups is 2. The molecular weight excluding hydrogens is 354 g/mol. The first-order valence-electron chi connectivity index (χ1n) is 10.5. The minimum atomic E-state index is -0.574. The first-order chi connectivity index (χ1) is 13.5. The Bertz CT molecular complexity index is 625. The highest BCUT2D eigenvalue weighted by Crippen LogP contribution is 2.17. The van der Waals surface area contributed by atoms with Gasteiger partial charge in [0.15, 0.2) is 0 Å². The average Bonchev–Trinajstić information content (AvgIpc) is 2.97. The van der Waals surface area contributed by atoms with E-state index in [4.69, 9.17) is 4.74 Å². The maximum Gasteiger partial charge on any atom is 0.255 e. The van der Waals surface area contributed by atoms with Crippen LogP contribution in [0.3, 0.4) is 0 Å². The summed E-state index contributed by atoms with van der Waals surface area (Å²) in [5, 5.41) is 5.86. The molecule has 0 aliphatic carbocycles. The van der Waals surface area contributed by atoms with Gasteiger partial charge in [-0.3, -0.25) is 9.59 Å². The molecule has 28 heavy (non-hydrogen) atoms. The Labute approximate surface area is 169 Å². The van der Waals surface area contributed by atoms with E-state index < -0.39 is 6.04 Å². The number of hydrogen-bond donors (Lipinski definition) is 2. The van der Waals surface area contributed by atoms with Crippen LogP contribution < -0.4 is 15.4 Å². The lowest BCUT2D eigenvalue weighted by atomic mass is 10.0. The van der Waals surface area contributed by atoms with Crippen molar-refractivity contribution >= 4 is 11.8 Å². The van der Waals surface area contributed by atoms with E-state index in [-0.39, 0.29) is 17.7 Å². The topological polar surface area (TPSA) is 70.7 Å². The van der Waals surface area contributed by atoms with E-state index >= 15 is 0 Å². The third kappa shape index (κ3) is 6.82. The van der Waals surface area contributed by atoms with Gasteiger partial charge in [-0.15, -0.1) is 0 Å². The summed E-state index contributed by atoms with van der Waals surface area (Å²) >= 11 is 0. The molecule has 1 atom stereocenters. The Kier molecular flexibility index (Phi) is 9.28. The fourth-order valence-electron chi connectivity index (χ4n) is 3.57. The fraction of sp³-hybridized carbons (Fsp3) is 0.636. The minimum absolute atomic E-state index is 0.00994. The number of nitrogens with zero attached hydrogens (tertiary/aromatic N) is 1. The number of benzene rings is 1. The number of nitrogens with one attached hydrogen (secondary N) is 2. The number of carbonyl (C=O) groups excluding carboxylic acids is 2. The van der Waals surface area contributed by atoms with Gasteiger partial charge >= 0.3 is 0 Å². The zero-order chi connectivity index (χ0) is 20.4. The van der Waals surface area contributed by atoms with Crippen molar-refractivity contribution in [1.29, 1.82) is 0 Å². The molecule has 0 bridgehead atoms. The number of likely N-dealkylation sites (tertiary alicyclic amines) is 1. The van der Waals surface area contributed by atoms with Crippen LogP contribution in [0.5, 0.6) is 5.75 Å². The SMILES string of the molecule is COc1ccccc1C(=O)NC(C(=O)NCCCN1CCCCCC1)C(C)C. The summed E-state index contributed by atoms with van der Waals surface area (Å²) in [4.78, 5) is 27.8. The highest BCUT2D eigenvalue weighted by atomic mass is 16.5. The second kappa shape index (κ2) is 11.7. The number of ether oxygens (including phenoxy) is 1. The fourth-order valence-corrected chi connectivity index (χ4v) is 3.57. The van der Waals surface area contributed by atoms with E-state index in [0.29, 0.717) is 17.9 Å². The van der Waals surface area contributed by atoms with Gasteiger partial charge in [0.2, 0.25) is 5.91 Å². The first-order valence-corrected chi connectivity index (χ1v) is 10.5. The molecule has 2 amide bonds. The smallest absolute Gasteiger partial charge is 0.255 e. The van der Waals surface area contributed by atoms with Crippen LogP contribution >= 0.6 is 0 Å². The predicted molar refractivity (Wildman–Crippen MR) is 112 cm³/mol. The van der Waals surface area contributed by atoms with Gasteiger partial charge in [-0.05, 0) is 56.9 Å². The van der Waals surface area contributed by atoms with E-state index in [0.717, 1.165) is 26.1 Å². The van der Waals surface area contributed by atoms with E-state index in [1.807, 2.05) is 19.9 Å². The van der Waals surface area contributed by atoms with Crippen LogP contribution in [0.4, 0.5) is 0 Å². The molecule has 0 saturated carbocycles. The summed E-state index contributed by atoms with van der Waals surface area (Å²) in [5.41, 5.74) is 0.435. The molecule has 1 fully saturated rings. The van der Waals surface area contributed by atoms with Crippen molar-refractivity contribution in [2.45, 2.75) is 52.0 Å². The lowest BCUT2D eigenvalue weighted by Crippen LogP contribution is -2.50. The Morgan fingerprint density at radius 1 is 1.11 bits per heavy atom. The highest BCUT2D eigenvalue weighted by molar-refractivity contribution is 5.99. The van der Waals surface area contributed by atoms with Crippen LogP contribution in [0.1, 0.15) is 56.3 Å². The van der Waals surface area contributed by atoms with Crippen LogP contribution in [0.15, 0.2) is 24.3 Å². The monoisotopic (exact) mass is 389 g/mol. The lowest BCUT2D eigenvalue weighted by molar-refractivity contribution is -0.123. The molecule has 2 rings (SSSR count). The molecule has 2 N–H and O–H groups in total. The van der Waals surface area contributed by atoms with Crippen molar-refractivity contribution in [3.8, 4) is 5.75 Å². The van der Waals surface area contributed by atoms with Crippen LogP contribution in [0.25, 0.3) is 0 Å². The maximum atomic E-state index is 12.6. The molecule has 1 heterocycles. The second-order valence-corrected chi connectivity index (χ2v) is 7.80. The summed E-state index contributed by atoms with van der Waals surface area (Å²) in [7, 11) is 1.53. The zero-order valence-electron chi connectivity index (χ0n) is 17.5. The van der Waals surface area contributed by atoms with Crippen molar-refractivity contribution < 1.29 is 14.3 Å². The molecule has 6 nitrogen and oxygen atoms in total. The second-order valence-electron chi connectivity index (χ2n) is 7.80. The van der Waals surface area contributed by atoms with Gasteiger partial charge in [-0.25, -0.2) is 0 Å². The molecule has 1 saturated heterocycles. The van der Waals surface area contributed by atoms with Gasteiger partial charge in [0.1, 0.15) is 11.8 Å². The molecule has 1 aliphatic rings. The van der Waals surface area contributed by atoms with Crippen LogP contribution in [0.2, 0.25) is 0 Å². The van der Waals surface area contributed by atoms with Crippen molar-refractivity contribution in [2.75, 3.05) is 33.3 Å². The molecule has 1 aromatic carbocycles. The van der Waals surface area contributed by atoms with Gasteiger partial charge in [-0.1, -0.05) is 38.8 Å². The van der Waals surface area contributed by atoms with Gasteiger partial charge in [0.05, 0.1) is 12.7 Å². The van der Waals surface area contributed by atoms with Crippen molar-refractivity contribution in [2.24, 2.45) is 5.92 Å². The Morgan fingerprint density at radius 3 is 2.43 bits per heavy atom. The van der Waals surface area contributed by atoms with Crippen molar-refractivity contribution in [3.05, 3.63) is 29.8 Å². The van der Waals surface area contributed by atoms with E-state index in [2.05, 4.69) is 15.5 Å². The van der Waals surface area contributed by atoms with Crippen molar-refractivity contribution in [3.63, 3.8) is 0 Å². The summed E-state index contributed by atoms with van der Waals surface area (Å²) in [6, 6.07) is 6.46. The molecule has 0 spiro atoms. The van der Waals surface area contributed by atoms with E-state index in [9.17, 15) is 9.59 Å². The van der Waals surface area contributed by atoms with E-state index in [1.54, 1.807) is 18.2 Å². The van der Waals surface area contributed by atoms with E-state index in [1.165, 1.54) is 32.8 Å². The third-order valence-electron chi connectivity index (χ3n) is 5.24. The number of hydrogen-bond acceptors (Lipinski definition) is 4. The van der Waals surface area contributed by atoms with Crippen LogP contribution in [-0.2, 0) is 4.79 Å². The highest BCUT2D eigenvalue weighted by Gasteiger charge is 2.25. The van der Waals surface area contributed by atoms with Crippen LogP contribution in [-0.4, -0.2) is 56.0 Å². The normalized spacial score (nSPS) is 16.3. The first kappa shape index (κ1) is 22.2. The van der Waals surface area contributed by atoms with Gasteiger partial charge in [0.25, 0.3) is 5.91 Å². The number of methoxy groups -OCH3 is 1. The molecule has 6 heteroatoms. The number of amides is 2. The molecule has 1 unspecified atom stereocenters. The Hall–Kier alpha value is -2.08. The number of rotatable bonds is 9. The van der Waals surface area contributed by atoms with Gasteiger partial charge < -0.3 is 20.3 Å². The lowest BCUT2D eigenvalue weighted by Gasteiger charge is -2.23. The molecular formula is C22H35N3O3. The molecule has 156 valence electrons. The summed E-state index contributed by atoms with van der Waals surface area (Å²) in [5.74, 6) is 0.0645. The Balaban J connectivity index is 1.83. The van der Waals surface area contributed by atoms with Crippen molar-refractivity contribution in [1.82, 2.24) is 15.5 Å². The minimum Gasteiger partial charge on any atom is -0.496 e.